The maximum absolute atomic E-state index is 12.8. The van der Waals surface area contributed by atoms with E-state index in [9.17, 15) is 13.2 Å². The number of alkyl halides is 2. The summed E-state index contributed by atoms with van der Waals surface area (Å²) in [6.45, 7) is 0. The van der Waals surface area contributed by atoms with Gasteiger partial charge in [0.2, 0.25) is 0 Å². The van der Waals surface area contributed by atoms with Gasteiger partial charge in [0.15, 0.2) is 0 Å². The van der Waals surface area contributed by atoms with E-state index in [0.29, 0.717) is 13.0 Å². The summed E-state index contributed by atoms with van der Waals surface area (Å²) in [6.07, 6.45) is -2.50. The smallest absolute Gasteiger partial charge is 0.207 e. The van der Waals surface area contributed by atoms with Crippen molar-refractivity contribution in [2.24, 2.45) is 0 Å². The van der Waals surface area contributed by atoms with Crippen molar-refractivity contribution in [3.05, 3.63) is 32.5 Å². The Morgan fingerprint density at radius 2 is 2.00 bits per heavy atom. The number of thiophene rings is 1. The molecule has 0 unspecified atom stereocenters. The molecule has 2 rings (SSSR count). The Morgan fingerprint density at radius 3 is 2.64 bits per heavy atom. The van der Waals surface area contributed by atoms with Crippen molar-refractivity contribution in [3.8, 4) is 0 Å². The number of benzene rings is 1. The lowest BCUT2D eigenvalue weighted by molar-refractivity contribution is 0.152. The molecule has 0 atom stereocenters. The molecule has 5 heteroatoms. The molecular weight excluding hydrogens is 324 g/mol. The third kappa shape index (κ3) is 1.63. The summed E-state index contributed by atoms with van der Waals surface area (Å²) < 4.78 is 39.1. The van der Waals surface area contributed by atoms with Gasteiger partial charge in [0, 0.05) is 15.6 Å². The van der Waals surface area contributed by atoms with Crippen molar-refractivity contribution in [1.82, 2.24) is 0 Å². The van der Waals surface area contributed by atoms with Gasteiger partial charge in [-0.1, -0.05) is 6.07 Å². The fraction of sp³-hybridized carbons (Fsp3) is 0.111. The molecule has 0 aliphatic heterocycles. The van der Waals surface area contributed by atoms with Crippen LogP contribution in [0.5, 0.6) is 0 Å². The van der Waals surface area contributed by atoms with Gasteiger partial charge in [0.05, 0.1) is 2.88 Å². The van der Waals surface area contributed by atoms with Crippen molar-refractivity contribution in [2.75, 3.05) is 0 Å². The van der Waals surface area contributed by atoms with E-state index in [1.807, 2.05) is 22.6 Å². The number of halogens is 4. The molecule has 0 aliphatic rings. The zero-order valence-corrected chi connectivity index (χ0v) is 9.70. The second-order valence-corrected chi connectivity index (χ2v) is 5.59. The summed E-state index contributed by atoms with van der Waals surface area (Å²) in [6, 6.07) is 3.90. The summed E-state index contributed by atoms with van der Waals surface area (Å²) in [5, 5.41) is 0.454. The fourth-order valence-corrected chi connectivity index (χ4v) is 3.46. The molecular formula is C9H4F3IS. The quantitative estimate of drug-likeness (QED) is 0.672. The van der Waals surface area contributed by atoms with Crippen LogP contribution in [0.15, 0.2) is 18.2 Å². The average Bonchev–Trinajstić information content (AvgIpc) is 2.39. The zero-order valence-electron chi connectivity index (χ0n) is 6.73. The van der Waals surface area contributed by atoms with Crippen LogP contribution in [-0.2, 0) is 0 Å². The molecule has 74 valence electrons. The summed E-state index contributed by atoms with van der Waals surface area (Å²) in [5.41, 5.74) is 0.0191. The van der Waals surface area contributed by atoms with E-state index < -0.39 is 12.2 Å². The topological polar surface area (TPSA) is 0 Å². The molecule has 0 N–H and O–H groups in total. The van der Waals surface area contributed by atoms with Crippen LogP contribution < -0.4 is 0 Å². The van der Waals surface area contributed by atoms with Crippen molar-refractivity contribution in [1.29, 1.82) is 0 Å². The Balaban J connectivity index is 2.77. The molecule has 0 saturated heterocycles. The molecule has 2 aromatic rings. The van der Waals surface area contributed by atoms with E-state index in [0.717, 1.165) is 0 Å². The van der Waals surface area contributed by atoms with Crippen LogP contribution >= 0.6 is 33.9 Å². The van der Waals surface area contributed by atoms with Gasteiger partial charge in [0.25, 0.3) is 6.43 Å². The monoisotopic (exact) mass is 328 g/mol. The predicted molar refractivity (Wildman–Crippen MR) is 59.5 cm³/mol. The molecule has 0 aliphatic carbocycles. The number of fused-ring (bicyclic) bond motifs is 1. The van der Waals surface area contributed by atoms with E-state index >= 15 is 0 Å². The van der Waals surface area contributed by atoms with Crippen molar-refractivity contribution in [3.63, 3.8) is 0 Å². The minimum absolute atomic E-state index is 0.0191. The number of hydrogen-bond acceptors (Lipinski definition) is 1. The van der Waals surface area contributed by atoms with Crippen molar-refractivity contribution < 1.29 is 13.2 Å². The highest BCUT2D eigenvalue weighted by Gasteiger charge is 2.18. The lowest BCUT2D eigenvalue weighted by Gasteiger charge is -1.97. The maximum atomic E-state index is 12.8. The second kappa shape index (κ2) is 3.69. The Hall–Kier alpha value is -0.300. The molecule has 0 fully saturated rings. The summed E-state index contributed by atoms with van der Waals surface area (Å²) in [5.74, 6) is -0.393. The molecule has 1 aromatic heterocycles. The van der Waals surface area contributed by atoms with Crippen LogP contribution in [0.2, 0.25) is 0 Å². The molecule has 0 amide bonds. The minimum Gasteiger partial charge on any atom is -0.207 e. The van der Waals surface area contributed by atoms with E-state index in [1.54, 1.807) is 0 Å². The first-order valence-corrected chi connectivity index (χ1v) is 5.64. The highest BCUT2D eigenvalue weighted by molar-refractivity contribution is 14.1. The molecule has 1 heterocycles. The number of hydrogen-bond donors (Lipinski definition) is 0. The van der Waals surface area contributed by atoms with E-state index in [-0.39, 0.29) is 5.56 Å². The molecule has 14 heavy (non-hydrogen) atoms. The van der Waals surface area contributed by atoms with E-state index in [1.165, 1.54) is 29.5 Å². The summed E-state index contributed by atoms with van der Waals surface area (Å²) >= 11 is 3.04. The Bertz CT molecular complexity index is 478. The van der Waals surface area contributed by atoms with E-state index in [2.05, 4.69) is 0 Å². The molecule has 0 bridgehead atoms. The molecule has 0 nitrogen and oxygen atoms in total. The standard InChI is InChI=1S/C9H4F3IS/c10-4-1-2-5-6(3-4)14-9(13)7(5)8(11)12/h1-3,8H. The Kier molecular flexibility index (Phi) is 2.70. The van der Waals surface area contributed by atoms with Gasteiger partial charge in [-0.05, 0) is 34.7 Å². The van der Waals surface area contributed by atoms with Gasteiger partial charge >= 0.3 is 0 Å². The minimum atomic E-state index is -2.50. The van der Waals surface area contributed by atoms with Gasteiger partial charge in [-0.2, -0.15) is 0 Å². The van der Waals surface area contributed by atoms with Gasteiger partial charge < -0.3 is 0 Å². The average molecular weight is 328 g/mol. The van der Waals surface area contributed by atoms with Crippen LogP contribution in [0.4, 0.5) is 13.2 Å². The predicted octanol–water partition coefficient (Wildman–Crippen LogP) is 4.58. The first-order chi connectivity index (χ1) is 6.59. The largest absolute Gasteiger partial charge is 0.266 e. The van der Waals surface area contributed by atoms with Gasteiger partial charge in [-0.3, -0.25) is 0 Å². The Labute approximate surface area is 95.9 Å². The maximum Gasteiger partial charge on any atom is 0.266 e. The Morgan fingerprint density at radius 1 is 1.29 bits per heavy atom. The highest BCUT2D eigenvalue weighted by Crippen LogP contribution is 2.38. The van der Waals surface area contributed by atoms with Crippen molar-refractivity contribution in [2.45, 2.75) is 6.43 Å². The molecule has 0 spiro atoms. The van der Waals surface area contributed by atoms with Crippen LogP contribution in [0, 0.1) is 8.70 Å². The third-order valence-corrected chi connectivity index (χ3v) is 4.06. The fourth-order valence-electron chi connectivity index (χ4n) is 1.26. The van der Waals surface area contributed by atoms with Crippen LogP contribution in [0.3, 0.4) is 0 Å². The highest BCUT2D eigenvalue weighted by atomic mass is 127. The lowest BCUT2D eigenvalue weighted by atomic mass is 10.2. The zero-order chi connectivity index (χ0) is 10.3. The lowest BCUT2D eigenvalue weighted by Crippen LogP contribution is -1.83. The molecule has 0 radical (unpaired) electrons. The van der Waals surface area contributed by atoms with Gasteiger partial charge in [-0.15, -0.1) is 11.3 Å². The summed E-state index contributed by atoms with van der Waals surface area (Å²) in [7, 11) is 0. The van der Waals surface area contributed by atoms with Crippen LogP contribution in [0.25, 0.3) is 10.1 Å². The first kappa shape index (κ1) is 10.2. The summed E-state index contributed by atoms with van der Waals surface area (Å²) in [4.78, 5) is 0. The molecule has 1 aromatic carbocycles. The normalized spacial score (nSPS) is 11.5. The molecule has 0 saturated carbocycles. The first-order valence-electron chi connectivity index (χ1n) is 3.75. The third-order valence-electron chi connectivity index (χ3n) is 1.86. The second-order valence-electron chi connectivity index (χ2n) is 2.73. The number of rotatable bonds is 1. The SMILES string of the molecule is Fc1ccc2c(C(F)F)c(I)sc2c1. The van der Waals surface area contributed by atoms with E-state index in [4.69, 9.17) is 0 Å². The van der Waals surface area contributed by atoms with Crippen molar-refractivity contribution >= 4 is 44.0 Å². The van der Waals surface area contributed by atoms with Gasteiger partial charge in [0.1, 0.15) is 5.82 Å². The van der Waals surface area contributed by atoms with Crippen LogP contribution in [0.1, 0.15) is 12.0 Å². The van der Waals surface area contributed by atoms with Crippen LogP contribution in [-0.4, -0.2) is 0 Å². The van der Waals surface area contributed by atoms with Gasteiger partial charge in [-0.25, -0.2) is 13.2 Å².